The number of halogens is 3. The minimum atomic E-state index is -4.47. The van der Waals surface area contributed by atoms with Crippen molar-refractivity contribution < 1.29 is 22.8 Å². The van der Waals surface area contributed by atoms with E-state index in [1.54, 1.807) is 24.3 Å². The zero-order valence-electron chi connectivity index (χ0n) is 13.8. The molecule has 0 aromatic heterocycles. The smallest absolute Gasteiger partial charge is 0.368 e. The van der Waals surface area contributed by atoms with Crippen LogP contribution in [-0.4, -0.2) is 29.3 Å². The lowest BCUT2D eigenvalue weighted by Gasteiger charge is -2.23. The van der Waals surface area contributed by atoms with Gasteiger partial charge in [0, 0.05) is 12.1 Å². The van der Waals surface area contributed by atoms with E-state index in [1.807, 2.05) is 0 Å². The van der Waals surface area contributed by atoms with Crippen LogP contribution in [0.2, 0.25) is 0 Å². The van der Waals surface area contributed by atoms with Crippen molar-refractivity contribution in [3.05, 3.63) is 59.7 Å². The second-order valence-corrected chi connectivity index (χ2v) is 6.18. The Balaban J connectivity index is 2.02. The molecule has 2 aromatic rings. The molecule has 3 rings (SSSR count). The molecule has 1 aliphatic heterocycles. The molecular formula is C19H17F3N2O2. The van der Waals surface area contributed by atoms with Crippen LogP contribution in [0.25, 0.3) is 11.1 Å². The third kappa shape index (κ3) is 3.42. The molecule has 1 aliphatic rings. The Hall–Kier alpha value is -2.83. The normalized spacial score (nSPS) is 17.3. The van der Waals surface area contributed by atoms with Gasteiger partial charge in [-0.3, -0.25) is 9.59 Å². The van der Waals surface area contributed by atoms with Crippen LogP contribution in [0.1, 0.15) is 28.8 Å². The minimum absolute atomic E-state index is 0.250. The first kappa shape index (κ1) is 18.0. The van der Waals surface area contributed by atoms with Gasteiger partial charge in [-0.05, 0) is 42.2 Å². The summed E-state index contributed by atoms with van der Waals surface area (Å²) < 4.78 is 39.0. The maximum atomic E-state index is 13.0. The van der Waals surface area contributed by atoms with Crippen molar-refractivity contribution in [2.75, 3.05) is 6.54 Å². The lowest BCUT2D eigenvalue weighted by atomic mass is 9.97. The van der Waals surface area contributed by atoms with Crippen molar-refractivity contribution in [1.29, 1.82) is 0 Å². The first-order valence-corrected chi connectivity index (χ1v) is 8.16. The average molecular weight is 362 g/mol. The number of rotatable bonds is 3. The van der Waals surface area contributed by atoms with Crippen LogP contribution >= 0.6 is 0 Å². The Morgan fingerprint density at radius 3 is 2.50 bits per heavy atom. The van der Waals surface area contributed by atoms with Crippen LogP contribution < -0.4 is 5.73 Å². The number of nitrogens with two attached hydrogens (primary N) is 1. The second kappa shape index (κ2) is 6.82. The molecule has 0 unspecified atom stereocenters. The summed E-state index contributed by atoms with van der Waals surface area (Å²) in [6.07, 6.45) is -3.32. The molecule has 4 nitrogen and oxygen atoms in total. The molecule has 0 spiro atoms. The van der Waals surface area contributed by atoms with Crippen LogP contribution in [-0.2, 0) is 11.0 Å². The van der Waals surface area contributed by atoms with Crippen LogP contribution in [0.5, 0.6) is 0 Å². The van der Waals surface area contributed by atoms with E-state index >= 15 is 0 Å². The average Bonchev–Trinajstić information content (AvgIpc) is 3.10. The molecule has 1 atom stereocenters. The van der Waals surface area contributed by atoms with Crippen molar-refractivity contribution in [1.82, 2.24) is 4.90 Å². The molecule has 0 aliphatic carbocycles. The van der Waals surface area contributed by atoms with Gasteiger partial charge in [-0.1, -0.05) is 30.3 Å². The summed E-state index contributed by atoms with van der Waals surface area (Å²) in [6.45, 7) is 0.392. The number of hydrogen-bond acceptors (Lipinski definition) is 2. The van der Waals surface area contributed by atoms with E-state index in [0.29, 0.717) is 30.5 Å². The number of likely N-dealkylation sites (tertiary alicyclic amines) is 1. The Morgan fingerprint density at radius 1 is 1.08 bits per heavy atom. The van der Waals surface area contributed by atoms with Crippen LogP contribution in [0, 0.1) is 0 Å². The van der Waals surface area contributed by atoms with Crippen molar-refractivity contribution in [3.63, 3.8) is 0 Å². The zero-order chi connectivity index (χ0) is 18.9. The molecule has 2 N–H and O–H groups in total. The Kier molecular flexibility index (Phi) is 4.71. The third-order valence-electron chi connectivity index (χ3n) is 4.50. The first-order chi connectivity index (χ1) is 12.3. The molecule has 26 heavy (non-hydrogen) atoms. The van der Waals surface area contributed by atoms with Crippen molar-refractivity contribution in [3.8, 4) is 11.1 Å². The topological polar surface area (TPSA) is 63.4 Å². The van der Waals surface area contributed by atoms with E-state index < -0.39 is 29.6 Å². The monoisotopic (exact) mass is 362 g/mol. The molecule has 2 amide bonds. The number of primary amides is 1. The van der Waals surface area contributed by atoms with E-state index in [1.165, 1.54) is 17.0 Å². The molecule has 1 heterocycles. The number of hydrogen-bond donors (Lipinski definition) is 1. The minimum Gasteiger partial charge on any atom is -0.368 e. The summed E-state index contributed by atoms with van der Waals surface area (Å²) in [4.78, 5) is 25.9. The molecule has 1 fully saturated rings. The van der Waals surface area contributed by atoms with Gasteiger partial charge in [0.05, 0.1) is 5.56 Å². The number of alkyl halides is 3. The molecule has 7 heteroatoms. The van der Waals surface area contributed by atoms with Crippen LogP contribution in [0.15, 0.2) is 48.5 Å². The maximum Gasteiger partial charge on any atom is 0.416 e. The van der Waals surface area contributed by atoms with Gasteiger partial charge < -0.3 is 10.6 Å². The van der Waals surface area contributed by atoms with Crippen molar-refractivity contribution >= 4 is 11.8 Å². The fourth-order valence-electron chi connectivity index (χ4n) is 3.24. The largest absolute Gasteiger partial charge is 0.416 e. The summed E-state index contributed by atoms with van der Waals surface area (Å²) in [5.41, 5.74) is 5.51. The number of benzene rings is 2. The summed E-state index contributed by atoms with van der Waals surface area (Å²) >= 11 is 0. The summed E-state index contributed by atoms with van der Waals surface area (Å²) in [5, 5.41) is 0. The van der Waals surface area contributed by atoms with Gasteiger partial charge in [-0.2, -0.15) is 13.2 Å². The van der Waals surface area contributed by atoms with Gasteiger partial charge in [0.15, 0.2) is 0 Å². The van der Waals surface area contributed by atoms with E-state index in [2.05, 4.69) is 0 Å². The molecule has 136 valence electrons. The predicted molar refractivity (Wildman–Crippen MR) is 90.1 cm³/mol. The number of carbonyl (C=O) groups is 2. The lowest BCUT2D eigenvalue weighted by molar-refractivity contribution is -0.137. The molecule has 1 saturated heterocycles. The summed E-state index contributed by atoms with van der Waals surface area (Å²) in [6, 6.07) is 10.6. The van der Waals surface area contributed by atoms with Crippen LogP contribution in [0.4, 0.5) is 13.2 Å². The van der Waals surface area contributed by atoms with E-state index in [4.69, 9.17) is 5.73 Å². The summed E-state index contributed by atoms with van der Waals surface area (Å²) in [7, 11) is 0. The van der Waals surface area contributed by atoms with E-state index in [9.17, 15) is 22.8 Å². The van der Waals surface area contributed by atoms with Gasteiger partial charge in [-0.15, -0.1) is 0 Å². The quantitative estimate of drug-likeness (QED) is 0.909. The van der Waals surface area contributed by atoms with Crippen molar-refractivity contribution in [2.24, 2.45) is 5.73 Å². The zero-order valence-corrected chi connectivity index (χ0v) is 13.8. The highest BCUT2D eigenvalue weighted by atomic mass is 19.4. The van der Waals surface area contributed by atoms with Gasteiger partial charge >= 0.3 is 6.18 Å². The SMILES string of the molecule is NC(=O)[C@@H]1CCCN1C(=O)c1ccccc1-c1cccc(C(F)(F)F)c1. The standard InChI is InChI=1S/C19H17F3N2O2/c20-19(21,22)13-6-3-5-12(11-13)14-7-1-2-8-15(14)18(26)24-10-4-9-16(24)17(23)25/h1-3,5-8,11,16H,4,9-10H2,(H2,23,25)/t16-/m0/s1. The van der Waals surface area contributed by atoms with Gasteiger partial charge in [-0.25, -0.2) is 0 Å². The Bertz CT molecular complexity index is 849. The molecule has 0 bridgehead atoms. The maximum absolute atomic E-state index is 13.0. The van der Waals surface area contributed by atoms with E-state index in [0.717, 1.165) is 12.1 Å². The number of amides is 2. The number of carbonyl (C=O) groups excluding carboxylic acids is 2. The van der Waals surface area contributed by atoms with Gasteiger partial charge in [0.1, 0.15) is 6.04 Å². The van der Waals surface area contributed by atoms with Gasteiger partial charge in [0.25, 0.3) is 5.91 Å². The Morgan fingerprint density at radius 2 is 1.81 bits per heavy atom. The van der Waals surface area contributed by atoms with E-state index in [-0.39, 0.29) is 5.56 Å². The van der Waals surface area contributed by atoms with Crippen LogP contribution in [0.3, 0.4) is 0 Å². The van der Waals surface area contributed by atoms with Gasteiger partial charge in [0.2, 0.25) is 5.91 Å². The predicted octanol–water partition coefficient (Wildman–Crippen LogP) is 3.46. The molecule has 0 saturated carbocycles. The van der Waals surface area contributed by atoms with Crippen molar-refractivity contribution in [2.45, 2.75) is 25.1 Å². The highest BCUT2D eigenvalue weighted by molar-refractivity contribution is 6.03. The first-order valence-electron chi connectivity index (χ1n) is 8.16. The summed E-state index contributed by atoms with van der Waals surface area (Å²) in [5.74, 6) is -0.980. The number of nitrogens with zero attached hydrogens (tertiary/aromatic N) is 1. The highest BCUT2D eigenvalue weighted by Gasteiger charge is 2.34. The molecule has 2 aromatic carbocycles. The fraction of sp³-hybridized carbons (Fsp3) is 0.263. The Labute approximate surface area is 148 Å². The highest BCUT2D eigenvalue weighted by Crippen LogP contribution is 2.34. The molecule has 0 radical (unpaired) electrons. The third-order valence-corrected chi connectivity index (χ3v) is 4.50. The lowest BCUT2D eigenvalue weighted by Crippen LogP contribution is -2.43. The fourth-order valence-corrected chi connectivity index (χ4v) is 3.24. The second-order valence-electron chi connectivity index (χ2n) is 6.18. The molecular weight excluding hydrogens is 345 g/mol.